The van der Waals surface area contributed by atoms with E-state index >= 15 is 0 Å². The van der Waals surface area contributed by atoms with Crippen LogP contribution in [-0.2, 0) is 11.2 Å². The topological polar surface area (TPSA) is 46.1 Å². The van der Waals surface area contributed by atoms with Crippen LogP contribution in [0.25, 0.3) is 0 Å². The van der Waals surface area contributed by atoms with Crippen molar-refractivity contribution in [3.8, 4) is 0 Å². The maximum atomic E-state index is 12.4. The number of carbonyl (C=O) groups excluding carboxylic acids is 1. The molecule has 0 radical (unpaired) electrons. The van der Waals surface area contributed by atoms with Crippen LogP contribution in [-0.4, -0.2) is 33.9 Å². The van der Waals surface area contributed by atoms with Crippen molar-refractivity contribution in [2.45, 2.75) is 38.5 Å². The first-order valence-corrected chi connectivity index (χ1v) is 8.70. The largest absolute Gasteiger partial charge is 0.342 e. The first kappa shape index (κ1) is 15.2. The second-order valence-electron chi connectivity index (χ2n) is 5.79. The van der Waals surface area contributed by atoms with Crippen LogP contribution in [0.1, 0.15) is 41.6 Å². The number of amides is 1. The third-order valence-corrected chi connectivity index (χ3v) is 5.09. The molecule has 1 unspecified atom stereocenters. The second kappa shape index (κ2) is 7.01. The molecule has 0 spiro atoms. The Morgan fingerprint density at radius 2 is 2.36 bits per heavy atom. The van der Waals surface area contributed by atoms with Crippen LogP contribution in [0.3, 0.4) is 0 Å². The normalized spacial score (nSPS) is 18.4. The van der Waals surface area contributed by atoms with E-state index in [9.17, 15) is 4.79 Å². The minimum Gasteiger partial charge on any atom is -0.342 e. The van der Waals surface area contributed by atoms with Crippen LogP contribution >= 0.6 is 11.3 Å². The van der Waals surface area contributed by atoms with Crippen molar-refractivity contribution < 1.29 is 4.79 Å². The average molecular weight is 315 g/mol. The molecule has 3 heterocycles. The Balaban J connectivity index is 1.59. The quantitative estimate of drug-likeness (QED) is 0.870. The molecule has 0 bridgehead atoms. The van der Waals surface area contributed by atoms with Crippen molar-refractivity contribution in [1.82, 2.24) is 14.9 Å². The number of piperidine rings is 1. The van der Waals surface area contributed by atoms with E-state index in [1.807, 2.05) is 30.2 Å². The van der Waals surface area contributed by atoms with E-state index in [1.165, 1.54) is 4.88 Å². The highest BCUT2D eigenvalue weighted by Gasteiger charge is 2.25. The molecule has 1 atom stereocenters. The molecule has 1 fully saturated rings. The van der Waals surface area contributed by atoms with Crippen molar-refractivity contribution in [1.29, 1.82) is 0 Å². The van der Waals surface area contributed by atoms with Gasteiger partial charge in [-0.2, -0.15) is 0 Å². The van der Waals surface area contributed by atoms with Gasteiger partial charge in [-0.05, 0) is 43.7 Å². The molecule has 1 aliphatic heterocycles. The smallest absolute Gasteiger partial charge is 0.222 e. The van der Waals surface area contributed by atoms with Gasteiger partial charge in [0.15, 0.2) is 0 Å². The van der Waals surface area contributed by atoms with Crippen molar-refractivity contribution in [2.24, 2.45) is 0 Å². The van der Waals surface area contributed by atoms with Crippen LogP contribution in [0.5, 0.6) is 0 Å². The van der Waals surface area contributed by atoms with Gasteiger partial charge < -0.3 is 4.90 Å². The number of rotatable bonds is 4. The fourth-order valence-electron chi connectivity index (χ4n) is 2.99. The fourth-order valence-corrected chi connectivity index (χ4v) is 3.70. The summed E-state index contributed by atoms with van der Waals surface area (Å²) in [6.45, 7) is 3.58. The molecule has 1 aliphatic rings. The maximum absolute atomic E-state index is 12.4. The number of carbonyl (C=O) groups is 1. The Bertz CT molecular complexity index is 627. The molecule has 0 saturated carbocycles. The van der Waals surface area contributed by atoms with Gasteiger partial charge in [0.1, 0.15) is 5.82 Å². The molecule has 0 aliphatic carbocycles. The van der Waals surface area contributed by atoms with Crippen LogP contribution in [0.2, 0.25) is 0 Å². The third kappa shape index (κ3) is 3.71. The fraction of sp³-hybridized carbons (Fsp3) is 0.471. The molecule has 0 aromatic carbocycles. The predicted octanol–water partition coefficient (Wildman–Crippen LogP) is 3.19. The van der Waals surface area contributed by atoms with Crippen LogP contribution < -0.4 is 0 Å². The van der Waals surface area contributed by atoms with E-state index in [0.29, 0.717) is 12.3 Å². The Hall–Kier alpha value is -1.75. The lowest BCUT2D eigenvalue weighted by Gasteiger charge is -2.32. The third-order valence-electron chi connectivity index (χ3n) is 4.16. The number of aromatic nitrogens is 2. The van der Waals surface area contributed by atoms with E-state index in [0.717, 1.165) is 43.9 Å². The number of likely N-dealkylation sites (tertiary alicyclic amines) is 1. The Labute approximate surface area is 135 Å². The minimum absolute atomic E-state index is 0.267. The second-order valence-corrected chi connectivity index (χ2v) is 6.82. The van der Waals surface area contributed by atoms with Gasteiger partial charge in [-0.15, -0.1) is 11.3 Å². The SMILES string of the molecule is Cc1nccc(C2CCCN(C(=O)CCc3cccs3)C2)n1. The molecular formula is C17H21N3OS. The van der Waals surface area contributed by atoms with Gasteiger partial charge in [-0.3, -0.25) is 4.79 Å². The summed E-state index contributed by atoms with van der Waals surface area (Å²) in [6, 6.07) is 6.12. The molecule has 4 nitrogen and oxygen atoms in total. The molecule has 5 heteroatoms. The van der Waals surface area contributed by atoms with Crippen molar-refractivity contribution in [2.75, 3.05) is 13.1 Å². The van der Waals surface area contributed by atoms with Gasteiger partial charge in [-0.1, -0.05) is 6.07 Å². The minimum atomic E-state index is 0.267. The first-order valence-electron chi connectivity index (χ1n) is 7.82. The van der Waals surface area contributed by atoms with Gasteiger partial charge in [-0.25, -0.2) is 9.97 Å². The average Bonchev–Trinajstić information content (AvgIpc) is 3.06. The summed E-state index contributed by atoms with van der Waals surface area (Å²) in [5, 5.41) is 2.06. The Morgan fingerprint density at radius 3 is 3.14 bits per heavy atom. The highest BCUT2D eigenvalue weighted by molar-refractivity contribution is 7.09. The number of hydrogen-bond acceptors (Lipinski definition) is 4. The lowest BCUT2D eigenvalue weighted by Crippen LogP contribution is -2.39. The zero-order valence-electron chi connectivity index (χ0n) is 12.9. The molecule has 2 aromatic heterocycles. The van der Waals surface area contributed by atoms with Crippen molar-refractivity contribution in [3.05, 3.63) is 46.2 Å². The van der Waals surface area contributed by atoms with Gasteiger partial charge in [0.05, 0.1) is 0 Å². The number of aryl methyl sites for hydroxylation is 2. The van der Waals surface area contributed by atoms with Crippen molar-refractivity contribution in [3.63, 3.8) is 0 Å². The summed E-state index contributed by atoms with van der Waals surface area (Å²) in [5.41, 5.74) is 1.07. The zero-order valence-corrected chi connectivity index (χ0v) is 13.7. The predicted molar refractivity (Wildman–Crippen MR) is 88.0 cm³/mol. The van der Waals surface area contributed by atoms with Crippen molar-refractivity contribution >= 4 is 17.2 Å². The number of thiophene rings is 1. The number of nitrogens with zero attached hydrogens (tertiary/aromatic N) is 3. The molecule has 116 valence electrons. The molecule has 2 aromatic rings. The van der Waals surface area contributed by atoms with Gasteiger partial charge in [0.2, 0.25) is 5.91 Å². The van der Waals surface area contributed by atoms with Crippen LogP contribution in [0, 0.1) is 6.92 Å². The maximum Gasteiger partial charge on any atom is 0.222 e. The highest BCUT2D eigenvalue weighted by Crippen LogP contribution is 2.26. The monoisotopic (exact) mass is 315 g/mol. The summed E-state index contributed by atoms with van der Waals surface area (Å²) >= 11 is 1.72. The van der Waals surface area contributed by atoms with E-state index in [-0.39, 0.29) is 5.91 Å². The van der Waals surface area contributed by atoms with Gasteiger partial charge in [0, 0.05) is 42.2 Å². The summed E-state index contributed by atoms with van der Waals surface area (Å²) in [7, 11) is 0. The highest BCUT2D eigenvalue weighted by atomic mass is 32.1. The van der Waals surface area contributed by atoms with Gasteiger partial charge in [0.25, 0.3) is 0 Å². The summed E-state index contributed by atoms with van der Waals surface area (Å²) < 4.78 is 0. The van der Waals surface area contributed by atoms with Gasteiger partial charge >= 0.3 is 0 Å². The lowest BCUT2D eigenvalue weighted by atomic mass is 9.94. The van der Waals surface area contributed by atoms with Crippen LogP contribution in [0.15, 0.2) is 29.8 Å². The molecule has 3 rings (SSSR count). The summed E-state index contributed by atoms with van der Waals surface area (Å²) in [4.78, 5) is 24.4. The summed E-state index contributed by atoms with van der Waals surface area (Å²) in [6.07, 6.45) is 5.43. The van der Waals surface area contributed by atoms with Crippen LogP contribution in [0.4, 0.5) is 0 Å². The molecular weight excluding hydrogens is 294 g/mol. The molecule has 0 N–H and O–H groups in total. The molecule has 1 saturated heterocycles. The molecule has 22 heavy (non-hydrogen) atoms. The van der Waals surface area contributed by atoms with E-state index in [4.69, 9.17) is 0 Å². The lowest BCUT2D eigenvalue weighted by molar-refractivity contribution is -0.132. The first-order chi connectivity index (χ1) is 10.7. The number of hydrogen-bond donors (Lipinski definition) is 0. The zero-order chi connectivity index (χ0) is 15.4. The summed E-state index contributed by atoms with van der Waals surface area (Å²) in [5.74, 6) is 1.42. The Kier molecular flexibility index (Phi) is 4.83. The van der Waals surface area contributed by atoms with E-state index in [2.05, 4.69) is 21.4 Å². The van der Waals surface area contributed by atoms with E-state index < -0.39 is 0 Å². The Morgan fingerprint density at radius 1 is 1.45 bits per heavy atom. The standard InChI is InChI=1S/C17H21N3OS/c1-13-18-9-8-16(19-13)14-4-2-10-20(12-14)17(21)7-6-15-5-3-11-22-15/h3,5,8-9,11,14H,2,4,6-7,10,12H2,1H3. The molecule has 1 amide bonds. The van der Waals surface area contributed by atoms with E-state index in [1.54, 1.807) is 11.3 Å².